The number of hydrogen-bond acceptors (Lipinski definition) is 6. The van der Waals surface area contributed by atoms with Gasteiger partial charge in [-0.3, -0.25) is 9.69 Å². The summed E-state index contributed by atoms with van der Waals surface area (Å²) in [5.41, 5.74) is 2.09. The molecule has 7 nitrogen and oxygen atoms in total. The minimum Gasteiger partial charge on any atom is -0.444 e. The molecule has 0 bridgehead atoms. The van der Waals surface area contributed by atoms with Gasteiger partial charge in [-0.15, -0.1) is 0 Å². The second-order valence-electron chi connectivity index (χ2n) is 6.70. The fraction of sp³-hybridized carbons (Fsp3) is 0.611. The number of carbonyl (C=O) groups is 1. The molecule has 0 saturated carbocycles. The van der Waals surface area contributed by atoms with E-state index in [1.165, 1.54) is 0 Å². The van der Waals surface area contributed by atoms with E-state index >= 15 is 0 Å². The quantitative estimate of drug-likeness (QED) is 0.800. The van der Waals surface area contributed by atoms with Crippen molar-refractivity contribution >= 4 is 5.91 Å². The molecule has 0 aliphatic carbocycles. The number of rotatable bonds is 6. The van der Waals surface area contributed by atoms with E-state index in [1.54, 1.807) is 13.1 Å². The number of hydrogen-bond donors (Lipinski definition) is 0. The fourth-order valence-corrected chi connectivity index (χ4v) is 3.39. The van der Waals surface area contributed by atoms with Gasteiger partial charge in [-0.2, -0.15) is 0 Å². The summed E-state index contributed by atoms with van der Waals surface area (Å²) in [6.45, 7) is 10.6. The third kappa shape index (κ3) is 3.92. The van der Waals surface area contributed by atoms with Crippen molar-refractivity contribution in [3.8, 4) is 0 Å². The number of likely N-dealkylation sites (tertiary alicyclic amines) is 1. The number of nitrogens with zero attached hydrogens (tertiary/aromatic N) is 4. The molecule has 0 unspecified atom stereocenters. The Balaban J connectivity index is 1.64. The molecule has 136 valence electrons. The maximum atomic E-state index is 12.2. The molecule has 0 radical (unpaired) electrons. The van der Waals surface area contributed by atoms with Gasteiger partial charge in [-0.25, -0.2) is 4.98 Å². The van der Waals surface area contributed by atoms with E-state index in [2.05, 4.69) is 15.0 Å². The summed E-state index contributed by atoms with van der Waals surface area (Å²) >= 11 is 0. The molecule has 2 aromatic heterocycles. The lowest BCUT2D eigenvalue weighted by atomic mass is 10.2. The lowest BCUT2D eigenvalue weighted by molar-refractivity contribution is -0.132. The van der Waals surface area contributed by atoms with Gasteiger partial charge >= 0.3 is 0 Å². The van der Waals surface area contributed by atoms with Crippen molar-refractivity contribution in [3.63, 3.8) is 0 Å². The number of carbonyl (C=O) groups excluding carboxylic acids is 1. The molecule has 0 spiro atoms. The molecule has 1 fully saturated rings. The Labute approximate surface area is 148 Å². The molecule has 0 aromatic carbocycles. The first-order valence-electron chi connectivity index (χ1n) is 8.82. The Morgan fingerprint density at radius 2 is 2.24 bits per heavy atom. The van der Waals surface area contributed by atoms with Crippen LogP contribution in [0.15, 0.2) is 15.1 Å². The highest BCUT2D eigenvalue weighted by atomic mass is 16.5. The van der Waals surface area contributed by atoms with Gasteiger partial charge in [-0.05, 0) is 20.3 Å². The summed E-state index contributed by atoms with van der Waals surface area (Å²) in [6.07, 6.45) is 3.50. The van der Waals surface area contributed by atoms with E-state index in [1.807, 2.05) is 25.7 Å². The summed E-state index contributed by atoms with van der Waals surface area (Å²) in [4.78, 5) is 20.7. The molecule has 0 N–H and O–H groups in total. The zero-order chi connectivity index (χ0) is 18.0. The predicted molar refractivity (Wildman–Crippen MR) is 91.8 cm³/mol. The van der Waals surface area contributed by atoms with Gasteiger partial charge in [0.2, 0.25) is 11.8 Å². The Kier molecular flexibility index (Phi) is 5.22. The predicted octanol–water partition coefficient (Wildman–Crippen LogP) is 2.46. The second kappa shape index (κ2) is 7.39. The van der Waals surface area contributed by atoms with E-state index < -0.39 is 0 Å². The Morgan fingerprint density at radius 3 is 2.84 bits per heavy atom. The lowest BCUT2D eigenvalue weighted by Crippen LogP contribution is -2.40. The third-order valence-electron chi connectivity index (χ3n) is 4.91. The SMILES string of the molecule is CCc1cnc(CN(C(C)=O)[C@@H]2CCN(Cc3c(C)noc3C)C2)o1. The van der Waals surface area contributed by atoms with Gasteiger partial charge in [0.05, 0.1) is 18.4 Å². The van der Waals surface area contributed by atoms with Crippen molar-refractivity contribution in [2.75, 3.05) is 13.1 Å². The van der Waals surface area contributed by atoms with Gasteiger partial charge in [-0.1, -0.05) is 12.1 Å². The van der Waals surface area contributed by atoms with Gasteiger partial charge in [0.25, 0.3) is 0 Å². The number of amides is 1. The highest BCUT2D eigenvalue weighted by molar-refractivity contribution is 5.73. The summed E-state index contributed by atoms with van der Waals surface area (Å²) in [7, 11) is 0. The smallest absolute Gasteiger partial charge is 0.220 e. The van der Waals surface area contributed by atoms with E-state index in [9.17, 15) is 4.79 Å². The Morgan fingerprint density at radius 1 is 1.44 bits per heavy atom. The molecule has 1 aliphatic heterocycles. The van der Waals surface area contributed by atoms with Crippen LogP contribution in [0.2, 0.25) is 0 Å². The first-order valence-corrected chi connectivity index (χ1v) is 8.82. The molecule has 3 rings (SSSR count). The summed E-state index contributed by atoms with van der Waals surface area (Å²) in [5, 5.41) is 4.02. The van der Waals surface area contributed by atoms with Gasteiger partial charge < -0.3 is 13.8 Å². The van der Waals surface area contributed by atoms with Crippen LogP contribution in [0.3, 0.4) is 0 Å². The maximum Gasteiger partial charge on any atom is 0.220 e. The van der Waals surface area contributed by atoms with Crippen molar-refractivity contribution in [2.45, 2.75) is 59.7 Å². The van der Waals surface area contributed by atoms with E-state index in [0.29, 0.717) is 12.4 Å². The fourth-order valence-electron chi connectivity index (χ4n) is 3.39. The van der Waals surface area contributed by atoms with Crippen LogP contribution in [-0.2, 0) is 24.3 Å². The van der Waals surface area contributed by atoms with E-state index in [0.717, 1.165) is 55.3 Å². The van der Waals surface area contributed by atoms with E-state index in [-0.39, 0.29) is 11.9 Å². The van der Waals surface area contributed by atoms with Crippen molar-refractivity contribution in [3.05, 3.63) is 34.9 Å². The lowest BCUT2D eigenvalue weighted by Gasteiger charge is -2.27. The zero-order valence-electron chi connectivity index (χ0n) is 15.4. The Hall–Kier alpha value is -2.15. The van der Waals surface area contributed by atoms with Gasteiger partial charge in [0, 0.05) is 44.6 Å². The number of oxazole rings is 1. The van der Waals surface area contributed by atoms with Crippen molar-refractivity contribution < 1.29 is 13.7 Å². The van der Waals surface area contributed by atoms with Crippen LogP contribution in [-0.4, -0.2) is 45.0 Å². The molecule has 1 aliphatic rings. The highest BCUT2D eigenvalue weighted by Gasteiger charge is 2.31. The van der Waals surface area contributed by atoms with Crippen molar-refractivity contribution in [1.82, 2.24) is 19.9 Å². The van der Waals surface area contributed by atoms with E-state index in [4.69, 9.17) is 8.94 Å². The number of aryl methyl sites for hydroxylation is 3. The molecule has 1 amide bonds. The van der Waals surface area contributed by atoms with Crippen LogP contribution >= 0.6 is 0 Å². The molecule has 3 heterocycles. The molecule has 25 heavy (non-hydrogen) atoms. The average molecular weight is 346 g/mol. The number of aromatic nitrogens is 2. The summed E-state index contributed by atoms with van der Waals surface area (Å²) in [5.74, 6) is 2.39. The molecule has 1 atom stereocenters. The second-order valence-corrected chi connectivity index (χ2v) is 6.70. The molecular formula is C18H26N4O3. The van der Waals surface area contributed by atoms with Crippen LogP contribution in [0.5, 0.6) is 0 Å². The molecular weight excluding hydrogens is 320 g/mol. The Bertz CT molecular complexity index is 717. The summed E-state index contributed by atoms with van der Waals surface area (Å²) in [6, 6.07) is 0.176. The molecule has 7 heteroatoms. The zero-order valence-corrected chi connectivity index (χ0v) is 15.4. The van der Waals surface area contributed by atoms with Gasteiger partial charge in [0.1, 0.15) is 11.5 Å². The van der Waals surface area contributed by atoms with Crippen LogP contribution in [0.25, 0.3) is 0 Å². The monoisotopic (exact) mass is 346 g/mol. The molecule has 2 aromatic rings. The molecule has 1 saturated heterocycles. The first kappa shape index (κ1) is 17.7. The minimum absolute atomic E-state index is 0.0560. The average Bonchev–Trinajstić information content (AvgIpc) is 3.29. The minimum atomic E-state index is 0.0560. The van der Waals surface area contributed by atoms with Crippen LogP contribution in [0, 0.1) is 13.8 Å². The van der Waals surface area contributed by atoms with Gasteiger partial charge in [0.15, 0.2) is 0 Å². The van der Waals surface area contributed by atoms with Crippen molar-refractivity contribution in [2.24, 2.45) is 0 Å². The standard InChI is InChI=1S/C18H26N4O3/c1-5-16-8-19-18(24-16)11-22(14(4)23)15-6-7-21(9-15)10-17-12(2)20-25-13(17)3/h8,15H,5-7,9-11H2,1-4H3/t15-/m1/s1. The maximum absolute atomic E-state index is 12.2. The topological polar surface area (TPSA) is 75.6 Å². The largest absolute Gasteiger partial charge is 0.444 e. The summed E-state index contributed by atoms with van der Waals surface area (Å²) < 4.78 is 10.9. The van der Waals surface area contributed by atoms with Crippen LogP contribution < -0.4 is 0 Å². The normalized spacial score (nSPS) is 18.0. The van der Waals surface area contributed by atoms with Crippen molar-refractivity contribution in [1.29, 1.82) is 0 Å². The van der Waals surface area contributed by atoms with Crippen LogP contribution in [0.1, 0.15) is 48.9 Å². The first-order chi connectivity index (χ1) is 12.0. The third-order valence-corrected chi connectivity index (χ3v) is 4.91. The highest BCUT2D eigenvalue weighted by Crippen LogP contribution is 2.22. The van der Waals surface area contributed by atoms with Crippen LogP contribution in [0.4, 0.5) is 0 Å².